The molecule has 2 aliphatic heterocycles. The van der Waals surface area contributed by atoms with Crippen LogP contribution in [0.15, 0.2) is 42.5 Å². The van der Waals surface area contributed by atoms with E-state index in [1.165, 1.54) is 0 Å². The summed E-state index contributed by atoms with van der Waals surface area (Å²) in [5.41, 5.74) is 0.548. The van der Waals surface area contributed by atoms with E-state index in [1.807, 2.05) is 43.3 Å². The first-order chi connectivity index (χ1) is 13.6. The second-order valence-corrected chi connectivity index (χ2v) is 7.42. The van der Waals surface area contributed by atoms with Crippen LogP contribution in [0.2, 0.25) is 0 Å². The van der Waals surface area contributed by atoms with Crippen LogP contribution in [0.3, 0.4) is 0 Å². The van der Waals surface area contributed by atoms with Gasteiger partial charge in [-0.25, -0.2) is 0 Å². The Labute approximate surface area is 163 Å². The lowest BCUT2D eigenvalue weighted by atomic mass is 10.0. The number of amides is 2. The molecule has 3 unspecified atom stereocenters. The predicted molar refractivity (Wildman–Crippen MR) is 105 cm³/mol. The van der Waals surface area contributed by atoms with Gasteiger partial charge in [-0.15, -0.1) is 0 Å². The molecule has 6 heteroatoms. The minimum absolute atomic E-state index is 0.0496. The lowest BCUT2D eigenvalue weighted by molar-refractivity contribution is -0.138. The van der Waals surface area contributed by atoms with Gasteiger partial charge in [0.2, 0.25) is 5.91 Å². The molecule has 2 aromatic rings. The number of carbonyl (C=O) groups is 3. The van der Waals surface area contributed by atoms with E-state index in [0.29, 0.717) is 24.9 Å². The van der Waals surface area contributed by atoms with Crippen LogP contribution in [0.4, 0.5) is 0 Å². The summed E-state index contributed by atoms with van der Waals surface area (Å²) in [5.74, 6) is -0.512. The number of fused-ring (bicyclic) bond motifs is 2. The van der Waals surface area contributed by atoms with Crippen LogP contribution in [0.1, 0.15) is 36.5 Å². The molecule has 4 rings (SSSR count). The minimum Gasteiger partial charge on any atom is -0.368 e. The van der Waals surface area contributed by atoms with Gasteiger partial charge in [-0.2, -0.15) is 0 Å². The number of likely N-dealkylation sites (tertiary alicyclic amines) is 1. The highest BCUT2D eigenvalue weighted by Crippen LogP contribution is 2.28. The van der Waals surface area contributed by atoms with E-state index in [4.69, 9.17) is 4.74 Å². The van der Waals surface area contributed by atoms with Gasteiger partial charge in [0, 0.05) is 12.1 Å². The number of Topliss-reactive ketones (excluding diaryl/α,β-unsaturated/α-hetero) is 1. The van der Waals surface area contributed by atoms with Gasteiger partial charge in [-0.3, -0.25) is 14.4 Å². The average Bonchev–Trinajstić information content (AvgIpc) is 3.29. The number of rotatable bonds is 5. The van der Waals surface area contributed by atoms with E-state index < -0.39 is 12.1 Å². The Kier molecular flexibility index (Phi) is 5.13. The van der Waals surface area contributed by atoms with Crippen LogP contribution in [0.25, 0.3) is 10.8 Å². The van der Waals surface area contributed by atoms with E-state index in [-0.39, 0.29) is 30.3 Å². The smallest absolute Gasteiger partial charge is 0.252 e. The minimum atomic E-state index is -0.649. The molecule has 2 amide bonds. The summed E-state index contributed by atoms with van der Waals surface area (Å²) < 4.78 is 5.48. The zero-order valence-corrected chi connectivity index (χ0v) is 15.9. The molecule has 0 saturated carbocycles. The first-order valence-corrected chi connectivity index (χ1v) is 9.83. The van der Waals surface area contributed by atoms with Gasteiger partial charge in [-0.1, -0.05) is 49.7 Å². The Bertz CT molecular complexity index is 920. The van der Waals surface area contributed by atoms with Crippen molar-refractivity contribution in [2.75, 3.05) is 13.2 Å². The van der Waals surface area contributed by atoms with Crippen LogP contribution in [-0.2, 0) is 14.3 Å². The molecule has 0 radical (unpaired) electrons. The maximum atomic E-state index is 13.2. The van der Waals surface area contributed by atoms with Gasteiger partial charge in [0.1, 0.15) is 18.7 Å². The third-order valence-corrected chi connectivity index (χ3v) is 5.61. The van der Waals surface area contributed by atoms with Crippen molar-refractivity contribution in [1.82, 2.24) is 10.2 Å². The maximum absolute atomic E-state index is 13.2. The highest BCUT2D eigenvalue weighted by atomic mass is 16.5. The van der Waals surface area contributed by atoms with E-state index in [0.717, 1.165) is 17.2 Å². The van der Waals surface area contributed by atoms with Crippen molar-refractivity contribution >= 4 is 28.4 Å². The summed E-state index contributed by atoms with van der Waals surface area (Å²) in [4.78, 5) is 39.9. The Morgan fingerprint density at radius 3 is 2.82 bits per heavy atom. The van der Waals surface area contributed by atoms with Gasteiger partial charge >= 0.3 is 0 Å². The fourth-order valence-corrected chi connectivity index (χ4v) is 4.25. The van der Waals surface area contributed by atoms with Crippen LogP contribution >= 0.6 is 0 Å². The maximum Gasteiger partial charge on any atom is 0.252 e. The molecule has 3 atom stereocenters. The topological polar surface area (TPSA) is 75.7 Å². The molecule has 2 fully saturated rings. The molecule has 28 heavy (non-hydrogen) atoms. The Balaban J connectivity index is 1.55. The molecule has 0 aromatic heterocycles. The highest BCUT2D eigenvalue weighted by molar-refractivity contribution is 6.08. The lowest BCUT2D eigenvalue weighted by Crippen LogP contribution is -2.52. The van der Waals surface area contributed by atoms with E-state index in [9.17, 15) is 14.4 Å². The number of hydrogen-bond donors (Lipinski definition) is 1. The number of benzene rings is 2. The van der Waals surface area contributed by atoms with Crippen LogP contribution < -0.4 is 5.32 Å². The summed E-state index contributed by atoms with van der Waals surface area (Å²) in [7, 11) is 0. The zero-order chi connectivity index (χ0) is 19.7. The molecular weight excluding hydrogens is 356 g/mol. The molecular formula is C22H24N2O4. The second kappa shape index (κ2) is 7.72. The SMILES string of the molecule is CCCC(NC(=O)c1cccc2ccccc12)C(=O)N1CCC2OCC(=O)C21. The molecule has 0 bridgehead atoms. The van der Waals surface area contributed by atoms with Crippen molar-refractivity contribution < 1.29 is 19.1 Å². The van der Waals surface area contributed by atoms with E-state index in [2.05, 4.69) is 5.32 Å². The van der Waals surface area contributed by atoms with E-state index in [1.54, 1.807) is 11.0 Å². The fraction of sp³-hybridized carbons (Fsp3) is 0.409. The third kappa shape index (κ3) is 3.29. The zero-order valence-electron chi connectivity index (χ0n) is 15.9. The van der Waals surface area contributed by atoms with Crippen molar-refractivity contribution in [1.29, 1.82) is 0 Å². The monoisotopic (exact) mass is 380 g/mol. The summed E-state index contributed by atoms with van der Waals surface area (Å²) in [6.07, 6.45) is 1.74. The van der Waals surface area contributed by atoms with Crippen LogP contribution in [-0.4, -0.2) is 53.8 Å². The third-order valence-electron chi connectivity index (χ3n) is 5.61. The van der Waals surface area contributed by atoms with E-state index >= 15 is 0 Å². The highest BCUT2D eigenvalue weighted by Gasteiger charge is 2.47. The average molecular weight is 380 g/mol. The van der Waals surface area contributed by atoms with Crippen molar-refractivity contribution in [2.24, 2.45) is 0 Å². The number of ketones is 1. The normalized spacial score (nSPS) is 22.3. The predicted octanol–water partition coefficient (Wildman–Crippen LogP) is 2.31. The Hall–Kier alpha value is -2.73. The van der Waals surface area contributed by atoms with Crippen LogP contribution in [0, 0.1) is 0 Å². The molecule has 1 N–H and O–H groups in total. The Morgan fingerprint density at radius 1 is 1.21 bits per heavy atom. The largest absolute Gasteiger partial charge is 0.368 e. The molecule has 0 aliphatic carbocycles. The summed E-state index contributed by atoms with van der Waals surface area (Å²) in [6.45, 7) is 2.53. The summed E-state index contributed by atoms with van der Waals surface area (Å²) in [6, 6.07) is 12.1. The van der Waals surface area contributed by atoms with Gasteiger partial charge in [0.25, 0.3) is 5.91 Å². The van der Waals surface area contributed by atoms with Gasteiger partial charge in [0.05, 0.1) is 6.10 Å². The molecule has 146 valence electrons. The standard InChI is InChI=1S/C22H24N2O4/c1-2-6-17(22(27)24-12-11-19-20(24)18(25)13-28-19)23-21(26)16-10-5-8-14-7-3-4-9-15(14)16/h3-5,7-10,17,19-20H,2,6,11-13H2,1H3,(H,23,26). The molecule has 2 aliphatic rings. The molecule has 2 heterocycles. The van der Waals surface area contributed by atoms with Crippen molar-refractivity contribution in [3.8, 4) is 0 Å². The summed E-state index contributed by atoms with van der Waals surface area (Å²) in [5, 5.41) is 4.74. The number of ether oxygens (including phenoxy) is 1. The molecule has 2 aromatic carbocycles. The first-order valence-electron chi connectivity index (χ1n) is 9.83. The lowest BCUT2D eigenvalue weighted by Gasteiger charge is -2.27. The quantitative estimate of drug-likeness (QED) is 0.864. The number of nitrogens with zero attached hydrogens (tertiary/aromatic N) is 1. The fourth-order valence-electron chi connectivity index (χ4n) is 4.25. The van der Waals surface area contributed by atoms with Crippen molar-refractivity contribution in [3.05, 3.63) is 48.0 Å². The van der Waals surface area contributed by atoms with Crippen molar-refractivity contribution in [2.45, 2.75) is 44.4 Å². The van der Waals surface area contributed by atoms with Crippen LogP contribution in [0.5, 0.6) is 0 Å². The number of hydrogen-bond acceptors (Lipinski definition) is 4. The van der Waals surface area contributed by atoms with Gasteiger partial charge in [0.15, 0.2) is 5.78 Å². The molecule has 6 nitrogen and oxygen atoms in total. The first kappa shape index (κ1) is 18.6. The number of nitrogens with one attached hydrogen (secondary N) is 1. The van der Waals surface area contributed by atoms with Gasteiger partial charge in [-0.05, 0) is 29.7 Å². The number of carbonyl (C=O) groups excluding carboxylic acids is 3. The van der Waals surface area contributed by atoms with Crippen molar-refractivity contribution in [3.63, 3.8) is 0 Å². The molecule has 2 saturated heterocycles. The Morgan fingerprint density at radius 2 is 2.00 bits per heavy atom. The summed E-state index contributed by atoms with van der Waals surface area (Å²) >= 11 is 0. The van der Waals surface area contributed by atoms with Gasteiger partial charge < -0.3 is 15.0 Å². The second-order valence-electron chi connectivity index (χ2n) is 7.42. The molecule has 0 spiro atoms.